The third-order valence-electron chi connectivity index (χ3n) is 2.86. The van der Waals surface area contributed by atoms with Gasteiger partial charge in [0, 0.05) is 12.2 Å². The van der Waals surface area contributed by atoms with Crippen molar-refractivity contribution >= 4 is 33.3 Å². The standard InChI is InChI=1S/C14H17BrN4/c1-2-3-9-19(11-7-5-4-6-8-11)14-12(15)13(16)17-10-18-14/h4-8,10H,2-3,9H2,1H3,(H2,16,17,18). The highest BCUT2D eigenvalue weighted by Crippen LogP contribution is 2.32. The minimum atomic E-state index is 0.461. The van der Waals surface area contributed by atoms with E-state index < -0.39 is 0 Å². The molecule has 1 aromatic carbocycles. The largest absolute Gasteiger partial charge is 0.383 e. The van der Waals surface area contributed by atoms with Crippen LogP contribution in [0.25, 0.3) is 0 Å². The third kappa shape index (κ3) is 3.23. The molecule has 0 spiro atoms. The zero-order valence-corrected chi connectivity index (χ0v) is 12.5. The molecule has 2 aromatic rings. The van der Waals surface area contributed by atoms with Crippen molar-refractivity contribution in [3.05, 3.63) is 41.1 Å². The lowest BCUT2D eigenvalue weighted by Gasteiger charge is -2.24. The lowest BCUT2D eigenvalue weighted by atomic mass is 10.2. The average Bonchev–Trinajstić information content (AvgIpc) is 2.45. The van der Waals surface area contributed by atoms with Gasteiger partial charge in [-0.2, -0.15) is 0 Å². The van der Waals surface area contributed by atoms with Crippen LogP contribution >= 0.6 is 15.9 Å². The fourth-order valence-corrected chi connectivity index (χ4v) is 2.26. The molecule has 1 aromatic heterocycles. The van der Waals surface area contributed by atoms with Crippen LogP contribution in [0.2, 0.25) is 0 Å². The Kier molecular flexibility index (Phi) is 4.74. The Morgan fingerprint density at radius 3 is 2.63 bits per heavy atom. The molecular weight excluding hydrogens is 304 g/mol. The van der Waals surface area contributed by atoms with E-state index in [0.29, 0.717) is 5.82 Å². The Balaban J connectivity index is 2.40. The molecule has 0 bridgehead atoms. The fourth-order valence-electron chi connectivity index (χ4n) is 1.84. The van der Waals surface area contributed by atoms with Gasteiger partial charge in [0.15, 0.2) is 5.82 Å². The smallest absolute Gasteiger partial charge is 0.152 e. The van der Waals surface area contributed by atoms with Crippen molar-refractivity contribution in [1.82, 2.24) is 9.97 Å². The predicted molar refractivity (Wildman–Crippen MR) is 82.5 cm³/mol. The molecule has 0 aliphatic rings. The summed E-state index contributed by atoms with van der Waals surface area (Å²) in [6.07, 6.45) is 3.71. The predicted octanol–water partition coefficient (Wildman–Crippen LogP) is 3.76. The first-order chi connectivity index (χ1) is 9.24. The van der Waals surface area contributed by atoms with Crippen LogP contribution in [0.3, 0.4) is 0 Å². The van der Waals surface area contributed by atoms with Gasteiger partial charge in [-0.25, -0.2) is 9.97 Å². The van der Waals surface area contributed by atoms with Crippen molar-refractivity contribution in [1.29, 1.82) is 0 Å². The Bertz CT molecular complexity index is 530. The second-order valence-corrected chi connectivity index (χ2v) is 5.03. The van der Waals surface area contributed by atoms with Gasteiger partial charge < -0.3 is 10.6 Å². The number of nitrogen functional groups attached to an aromatic ring is 1. The van der Waals surface area contributed by atoms with Crippen molar-refractivity contribution in [2.24, 2.45) is 0 Å². The van der Waals surface area contributed by atoms with Gasteiger partial charge in [-0.1, -0.05) is 31.5 Å². The van der Waals surface area contributed by atoms with Crippen LogP contribution in [-0.2, 0) is 0 Å². The Morgan fingerprint density at radius 1 is 1.21 bits per heavy atom. The highest BCUT2D eigenvalue weighted by Gasteiger charge is 2.15. The van der Waals surface area contributed by atoms with Gasteiger partial charge in [0.25, 0.3) is 0 Å². The Morgan fingerprint density at radius 2 is 1.95 bits per heavy atom. The molecule has 19 heavy (non-hydrogen) atoms. The summed E-state index contributed by atoms with van der Waals surface area (Å²) in [5.41, 5.74) is 6.95. The molecule has 0 fully saturated rings. The lowest BCUT2D eigenvalue weighted by molar-refractivity contribution is 0.777. The number of benzene rings is 1. The zero-order valence-electron chi connectivity index (χ0n) is 10.9. The van der Waals surface area contributed by atoms with E-state index in [-0.39, 0.29) is 0 Å². The molecule has 0 amide bonds. The highest BCUT2D eigenvalue weighted by molar-refractivity contribution is 9.10. The van der Waals surface area contributed by atoms with E-state index in [1.54, 1.807) is 0 Å². The van der Waals surface area contributed by atoms with Crippen LogP contribution in [0.4, 0.5) is 17.3 Å². The van der Waals surface area contributed by atoms with Gasteiger partial charge in [-0.15, -0.1) is 0 Å². The number of nitrogens with zero attached hydrogens (tertiary/aromatic N) is 3. The van der Waals surface area contributed by atoms with E-state index in [9.17, 15) is 0 Å². The first kappa shape index (κ1) is 13.8. The van der Waals surface area contributed by atoms with Crippen LogP contribution < -0.4 is 10.6 Å². The summed E-state index contributed by atoms with van der Waals surface area (Å²) in [5, 5.41) is 0. The van der Waals surface area contributed by atoms with Gasteiger partial charge >= 0.3 is 0 Å². The number of hydrogen-bond donors (Lipinski definition) is 1. The highest BCUT2D eigenvalue weighted by atomic mass is 79.9. The quantitative estimate of drug-likeness (QED) is 0.911. The number of nitrogens with two attached hydrogens (primary N) is 1. The number of unbranched alkanes of at least 4 members (excludes halogenated alkanes) is 1. The molecule has 0 saturated carbocycles. The van der Waals surface area contributed by atoms with E-state index in [4.69, 9.17) is 5.73 Å². The van der Waals surface area contributed by atoms with Crippen molar-refractivity contribution in [2.45, 2.75) is 19.8 Å². The molecule has 100 valence electrons. The topological polar surface area (TPSA) is 55.0 Å². The molecule has 1 heterocycles. The van der Waals surface area contributed by atoms with Crippen LogP contribution in [0.15, 0.2) is 41.1 Å². The second kappa shape index (κ2) is 6.52. The van der Waals surface area contributed by atoms with Gasteiger partial charge in [-0.3, -0.25) is 0 Å². The monoisotopic (exact) mass is 320 g/mol. The second-order valence-electron chi connectivity index (χ2n) is 4.24. The molecule has 0 radical (unpaired) electrons. The maximum absolute atomic E-state index is 5.84. The number of aromatic nitrogens is 2. The van der Waals surface area contributed by atoms with Crippen LogP contribution in [0, 0.1) is 0 Å². The van der Waals surface area contributed by atoms with Gasteiger partial charge in [0.2, 0.25) is 0 Å². The molecule has 0 atom stereocenters. The first-order valence-corrected chi connectivity index (χ1v) is 7.12. The van der Waals surface area contributed by atoms with E-state index in [2.05, 4.69) is 49.9 Å². The molecule has 5 heteroatoms. The molecule has 4 nitrogen and oxygen atoms in total. The fraction of sp³-hybridized carbons (Fsp3) is 0.286. The summed E-state index contributed by atoms with van der Waals surface area (Å²) in [4.78, 5) is 10.5. The summed E-state index contributed by atoms with van der Waals surface area (Å²) < 4.78 is 0.745. The number of anilines is 3. The summed E-state index contributed by atoms with van der Waals surface area (Å²) in [6, 6.07) is 10.2. The number of hydrogen-bond acceptors (Lipinski definition) is 4. The van der Waals surface area contributed by atoms with Gasteiger partial charge in [-0.05, 0) is 34.5 Å². The molecule has 0 saturated heterocycles. The molecule has 0 aliphatic heterocycles. The van der Waals surface area contributed by atoms with Crippen LogP contribution in [-0.4, -0.2) is 16.5 Å². The Labute approximate surface area is 121 Å². The summed E-state index contributed by atoms with van der Waals surface area (Å²) in [5.74, 6) is 1.27. The maximum Gasteiger partial charge on any atom is 0.152 e. The van der Waals surface area contributed by atoms with Gasteiger partial charge in [0.1, 0.15) is 16.6 Å². The number of halogens is 1. The summed E-state index contributed by atoms with van der Waals surface area (Å²) in [6.45, 7) is 3.07. The third-order valence-corrected chi connectivity index (χ3v) is 3.62. The summed E-state index contributed by atoms with van der Waals surface area (Å²) >= 11 is 3.48. The molecular formula is C14H17BrN4. The van der Waals surface area contributed by atoms with Crippen molar-refractivity contribution < 1.29 is 0 Å². The average molecular weight is 321 g/mol. The SMILES string of the molecule is CCCCN(c1ccccc1)c1ncnc(N)c1Br. The first-order valence-electron chi connectivity index (χ1n) is 6.32. The van der Waals surface area contributed by atoms with Gasteiger partial charge in [0.05, 0.1) is 0 Å². The van der Waals surface area contributed by atoms with Crippen molar-refractivity contribution in [2.75, 3.05) is 17.2 Å². The molecule has 0 aliphatic carbocycles. The lowest BCUT2D eigenvalue weighted by Crippen LogP contribution is -2.20. The number of rotatable bonds is 5. The minimum Gasteiger partial charge on any atom is -0.383 e. The minimum absolute atomic E-state index is 0.461. The molecule has 2 rings (SSSR count). The molecule has 0 unspecified atom stereocenters. The Hall–Kier alpha value is -1.62. The maximum atomic E-state index is 5.84. The van der Waals surface area contributed by atoms with Crippen molar-refractivity contribution in [3.63, 3.8) is 0 Å². The van der Waals surface area contributed by atoms with E-state index >= 15 is 0 Å². The normalized spacial score (nSPS) is 10.4. The zero-order chi connectivity index (χ0) is 13.7. The van der Waals surface area contributed by atoms with E-state index in [1.165, 1.54) is 6.33 Å². The van der Waals surface area contributed by atoms with Crippen molar-refractivity contribution in [3.8, 4) is 0 Å². The van der Waals surface area contributed by atoms with E-state index in [0.717, 1.165) is 35.4 Å². The van der Waals surface area contributed by atoms with Crippen LogP contribution in [0.5, 0.6) is 0 Å². The molecule has 2 N–H and O–H groups in total. The van der Waals surface area contributed by atoms with E-state index in [1.807, 2.05) is 18.2 Å². The van der Waals surface area contributed by atoms with Crippen LogP contribution in [0.1, 0.15) is 19.8 Å². The summed E-state index contributed by atoms with van der Waals surface area (Å²) in [7, 11) is 0. The number of para-hydroxylation sites is 1.